The Morgan fingerprint density at radius 3 is 1.73 bits per heavy atom. The van der Waals surface area contributed by atoms with E-state index in [-0.39, 0.29) is 0 Å². The van der Waals surface area contributed by atoms with Crippen LogP contribution in [0.15, 0.2) is 0 Å². The molecule has 1 atom stereocenters. The molecule has 0 amide bonds. The van der Waals surface area contributed by atoms with Crippen LogP contribution in [0.4, 0.5) is 17.6 Å². The molecule has 1 saturated carbocycles. The van der Waals surface area contributed by atoms with Crippen LogP contribution in [-0.2, 0) is 0 Å². The van der Waals surface area contributed by atoms with E-state index in [4.69, 9.17) is 5.11 Å². The van der Waals surface area contributed by atoms with Gasteiger partial charge in [0.2, 0.25) is 5.92 Å². The summed E-state index contributed by atoms with van der Waals surface area (Å²) in [6.45, 7) is 6.00. The molecule has 0 bridgehead atoms. The van der Waals surface area contributed by atoms with Crippen LogP contribution in [0, 0.1) is 5.41 Å². The molecule has 1 aliphatic rings. The Morgan fingerprint density at radius 2 is 1.53 bits per heavy atom. The molecule has 5 heteroatoms. The monoisotopic (exact) mass is 230 g/mol. The Bertz CT molecular complexity index is 205. The van der Waals surface area contributed by atoms with Crippen LogP contribution < -0.4 is 0 Å². The average Bonchev–Trinajstić information content (AvgIpc) is 2.03. The molecular weight excluding hydrogens is 212 g/mol. The van der Waals surface area contributed by atoms with E-state index in [1.165, 1.54) is 0 Å². The summed E-state index contributed by atoms with van der Waals surface area (Å²) in [5.74, 6) is -6.43. The van der Waals surface area contributed by atoms with Crippen LogP contribution in [0.5, 0.6) is 0 Å². The summed E-state index contributed by atoms with van der Waals surface area (Å²) in [5.41, 5.74) is -1.76. The zero-order valence-corrected chi connectivity index (χ0v) is 9.45. The standard InChI is InChI=1S/C8H12F4O.C2H6/c1-5(13)8(11,12)6(2)3-7(9,10)4-6;1-2/h5,13H,3-4H2,1-2H3;1-2H3. The van der Waals surface area contributed by atoms with Crippen molar-refractivity contribution in [2.24, 2.45) is 5.41 Å². The van der Waals surface area contributed by atoms with Gasteiger partial charge in [-0.05, 0) is 6.92 Å². The van der Waals surface area contributed by atoms with E-state index in [1.807, 2.05) is 13.8 Å². The predicted octanol–water partition coefficient (Wildman–Crippen LogP) is 3.46. The lowest BCUT2D eigenvalue weighted by Gasteiger charge is -2.49. The van der Waals surface area contributed by atoms with Crippen molar-refractivity contribution in [2.75, 3.05) is 0 Å². The van der Waals surface area contributed by atoms with E-state index in [0.29, 0.717) is 0 Å². The second-order valence-corrected chi connectivity index (χ2v) is 4.07. The topological polar surface area (TPSA) is 20.2 Å². The van der Waals surface area contributed by atoms with Gasteiger partial charge in [-0.3, -0.25) is 0 Å². The van der Waals surface area contributed by atoms with Crippen molar-refractivity contribution in [3.8, 4) is 0 Å². The highest BCUT2D eigenvalue weighted by molar-refractivity contribution is 5.05. The number of hydrogen-bond donors (Lipinski definition) is 1. The first-order chi connectivity index (χ1) is 6.61. The van der Waals surface area contributed by atoms with Gasteiger partial charge in [-0.2, -0.15) is 0 Å². The van der Waals surface area contributed by atoms with Crippen LogP contribution in [0.2, 0.25) is 0 Å². The fourth-order valence-electron chi connectivity index (χ4n) is 1.83. The van der Waals surface area contributed by atoms with Crippen LogP contribution in [0.1, 0.15) is 40.5 Å². The normalized spacial score (nSPS) is 24.6. The molecular formula is C10H18F4O. The number of halogens is 4. The van der Waals surface area contributed by atoms with Crippen LogP contribution in [0.25, 0.3) is 0 Å². The Labute approximate surface area is 87.5 Å². The maximum atomic E-state index is 13.1. The Morgan fingerprint density at radius 1 is 1.20 bits per heavy atom. The second-order valence-electron chi connectivity index (χ2n) is 4.07. The molecule has 1 nitrogen and oxygen atoms in total. The minimum absolute atomic E-state index is 0.849. The van der Waals surface area contributed by atoms with E-state index in [0.717, 1.165) is 13.8 Å². The van der Waals surface area contributed by atoms with Crippen molar-refractivity contribution in [3.05, 3.63) is 0 Å². The maximum absolute atomic E-state index is 13.1. The van der Waals surface area contributed by atoms with Crippen molar-refractivity contribution >= 4 is 0 Å². The molecule has 0 aromatic heterocycles. The zero-order valence-electron chi connectivity index (χ0n) is 9.45. The van der Waals surface area contributed by atoms with Gasteiger partial charge >= 0.3 is 0 Å². The summed E-state index contributed by atoms with van der Waals surface area (Å²) in [6, 6.07) is 0. The van der Waals surface area contributed by atoms with Gasteiger partial charge in [0.15, 0.2) is 0 Å². The fraction of sp³-hybridized carbons (Fsp3) is 1.00. The summed E-state index contributed by atoms with van der Waals surface area (Å²) >= 11 is 0. The van der Waals surface area contributed by atoms with Crippen LogP contribution in [-0.4, -0.2) is 23.1 Å². The lowest BCUT2D eigenvalue weighted by atomic mass is 9.62. The first-order valence-electron chi connectivity index (χ1n) is 5.04. The lowest BCUT2D eigenvalue weighted by molar-refractivity contribution is -0.274. The number of alkyl halides is 4. The summed E-state index contributed by atoms with van der Waals surface area (Å²) in [4.78, 5) is 0. The van der Waals surface area contributed by atoms with Crippen LogP contribution in [0.3, 0.4) is 0 Å². The number of hydrogen-bond acceptors (Lipinski definition) is 1. The molecule has 92 valence electrons. The van der Waals surface area contributed by atoms with Gasteiger partial charge in [0, 0.05) is 18.3 Å². The molecule has 0 aliphatic heterocycles. The van der Waals surface area contributed by atoms with Crippen molar-refractivity contribution in [3.63, 3.8) is 0 Å². The predicted molar refractivity (Wildman–Crippen MR) is 50.3 cm³/mol. The van der Waals surface area contributed by atoms with Crippen molar-refractivity contribution in [1.82, 2.24) is 0 Å². The van der Waals surface area contributed by atoms with Crippen molar-refractivity contribution < 1.29 is 22.7 Å². The highest BCUT2D eigenvalue weighted by atomic mass is 19.3. The van der Waals surface area contributed by atoms with E-state index in [9.17, 15) is 17.6 Å². The number of rotatable bonds is 2. The van der Waals surface area contributed by atoms with Gasteiger partial charge in [0.25, 0.3) is 5.92 Å². The first kappa shape index (κ1) is 14.7. The summed E-state index contributed by atoms with van der Waals surface area (Å²) in [5, 5.41) is 8.76. The Balaban J connectivity index is 0.000000921. The molecule has 1 N–H and O–H groups in total. The van der Waals surface area contributed by atoms with Crippen molar-refractivity contribution in [2.45, 2.75) is 58.5 Å². The molecule has 1 aliphatic carbocycles. The molecule has 0 saturated heterocycles. The lowest BCUT2D eigenvalue weighted by Crippen LogP contribution is -2.58. The van der Waals surface area contributed by atoms with E-state index < -0.39 is 36.2 Å². The molecule has 15 heavy (non-hydrogen) atoms. The quantitative estimate of drug-likeness (QED) is 0.720. The number of aliphatic hydroxyl groups excluding tert-OH is 1. The smallest absolute Gasteiger partial charge is 0.278 e. The fourth-order valence-corrected chi connectivity index (χ4v) is 1.83. The molecule has 0 aromatic rings. The van der Waals surface area contributed by atoms with Gasteiger partial charge in [0.1, 0.15) is 6.10 Å². The third kappa shape index (κ3) is 2.62. The minimum Gasteiger partial charge on any atom is -0.387 e. The third-order valence-corrected chi connectivity index (χ3v) is 2.63. The SMILES string of the molecule is CC.CC(O)C(F)(F)C1(C)CC(F)(F)C1. The van der Waals surface area contributed by atoms with Crippen molar-refractivity contribution in [1.29, 1.82) is 0 Å². The van der Waals surface area contributed by atoms with E-state index in [1.54, 1.807) is 0 Å². The Hall–Kier alpha value is -0.320. The average molecular weight is 230 g/mol. The number of aliphatic hydroxyl groups is 1. The molecule has 1 fully saturated rings. The minimum atomic E-state index is -3.44. The van der Waals surface area contributed by atoms with Gasteiger partial charge in [0.05, 0.1) is 0 Å². The first-order valence-corrected chi connectivity index (χ1v) is 5.04. The van der Waals surface area contributed by atoms with Gasteiger partial charge in [-0.1, -0.05) is 20.8 Å². The van der Waals surface area contributed by atoms with E-state index in [2.05, 4.69) is 0 Å². The van der Waals surface area contributed by atoms with Gasteiger partial charge < -0.3 is 5.11 Å². The second kappa shape index (κ2) is 4.28. The third-order valence-electron chi connectivity index (χ3n) is 2.63. The molecule has 0 spiro atoms. The summed E-state index contributed by atoms with van der Waals surface area (Å²) < 4.78 is 51.1. The molecule has 0 aromatic carbocycles. The summed E-state index contributed by atoms with van der Waals surface area (Å²) in [6.07, 6.45) is -3.58. The van der Waals surface area contributed by atoms with Crippen LogP contribution >= 0.6 is 0 Å². The maximum Gasteiger partial charge on any atom is 0.278 e. The zero-order chi connectivity index (χ0) is 12.5. The molecule has 0 heterocycles. The molecule has 0 radical (unpaired) electrons. The summed E-state index contributed by atoms with van der Waals surface area (Å²) in [7, 11) is 0. The molecule has 1 rings (SSSR count). The Kier molecular flexibility index (Phi) is 4.18. The highest BCUT2D eigenvalue weighted by Crippen LogP contribution is 2.59. The highest BCUT2D eigenvalue weighted by Gasteiger charge is 2.66. The van der Waals surface area contributed by atoms with Gasteiger partial charge in [-0.15, -0.1) is 0 Å². The van der Waals surface area contributed by atoms with Gasteiger partial charge in [-0.25, -0.2) is 17.6 Å². The molecule has 1 unspecified atom stereocenters. The largest absolute Gasteiger partial charge is 0.387 e. The van der Waals surface area contributed by atoms with E-state index >= 15 is 0 Å².